The van der Waals surface area contributed by atoms with Gasteiger partial charge in [-0.2, -0.15) is 0 Å². The molecule has 1 heterocycles. The summed E-state index contributed by atoms with van der Waals surface area (Å²) in [5.41, 5.74) is 0.426. The van der Waals surface area contributed by atoms with E-state index in [0.717, 1.165) is 12.8 Å². The molecule has 12 heavy (non-hydrogen) atoms. The Bertz CT molecular complexity index is 208. The normalized spacial score (nSPS) is 39.0. The summed E-state index contributed by atoms with van der Waals surface area (Å²) in [6, 6.07) is 0. The number of hydrogen-bond donors (Lipinski definition) is 0. The van der Waals surface area contributed by atoms with Crippen LogP contribution in [0.25, 0.3) is 0 Å². The van der Waals surface area contributed by atoms with Crippen LogP contribution in [0.4, 0.5) is 0 Å². The van der Waals surface area contributed by atoms with Gasteiger partial charge in [0.15, 0.2) is 0 Å². The van der Waals surface area contributed by atoms with Crippen LogP contribution in [0.15, 0.2) is 0 Å². The Morgan fingerprint density at radius 1 is 1.50 bits per heavy atom. The van der Waals surface area contributed by atoms with Crippen molar-refractivity contribution in [2.24, 2.45) is 11.3 Å². The summed E-state index contributed by atoms with van der Waals surface area (Å²) in [7, 11) is 0. The van der Waals surface area contributed by atoms with E-state index in [1.807, 2.05) is 0 Å². The maximum atomic E-state index is 11.0. The number of hydrogen-bond acceptors (Lipinski definition) is 2. The van der Waals surface area contributed by atoms with Crippen LogP contribution in [0, 0.1) is 11.3 Å². The second-order valence-electron chi connectivity index (χ2n) is 4.90. The molecule has 0 aromatic heterocycles. The Morgan fingerprint density at radius 3 is 3.00 bits per heavy atom. The van der Waals surface area contributed by atoms with E-state index in [4.69, 9.17) is 4.74 Å². The Labute approximate surface area is 73.3 Å². The standard InChI is InChI=1S/C10H16O2/c1-10(2)4-3-8-7(6-10)5-9(11)12-8/h7-8H,3-6H2,1-2H3. The summed E-state index contributed by atoms with van der Waals surface area (Å²) >= 11 is 0. The van der Waals surface area contributed by atoms with Gasteiger partial charge in [-0.1, -0.05) is 13.8 Å². The molecule has 1 aliphatic carbocycles. The smallest absolute Gasteiger partial charge is 0.306 e. The van der Waals surface area contributed by atoms with E-state index in [1.54, 1.807) is 0 Å². The van der Waals surface area contributed by atoms with Gasteiger partial charge in [-0.3, -0.25) is 4.79 Å². The molecule has 2 aliphatic rings. The van der Waals surface area contributed by atoms with Crippen molar-refractivity contribution in [3.8, 4) is 0 Å². The van der Waals surface area contributed by atoms with Gasteiger partial charge in [0.25, 0.3) is 0 Å². The van der Waals surface area contributed by atoms with Crippen LogP contribution in [0.5, 0.6) is 0 Å². The van der Waals surface area contributed by atoms with Gasteiger partial charge >= 0.3 is 5.97 Å². The quantitative estimate of drug-likeness (QED) is 0.518. The molecule has 0 bridgehead atoms. The molecule has 2 rings (SSSR count). The minimum atomic E-state index is 0.0164. The third-order valence-electron chi connectivity index (χ3n) is 3.16. The zero-order chi connectivity index (χ0) is 8.77. The predicted molar refractivity (Wildman–Crippen MR) is 45.6 cm³/mol. The Balaban J connectivity index is 2.06. The minimum absolute atomic E-state index is 0.0164. The van der Waals surface area contributed by atoms with Gasteiger partial charge in [0, 0.05) is 5.92 Å². The molecule has 68 valence electrons. The van der Waals surface area contributed by atoms with Crippen LogP contribution in [0.1, 0.15) is 39.5 Å². The number of rotatable bonds is 0. The molecule has 2 atom stereocenters. The summed E-state index contributed by atoms with van der Waals surface area (Å²) in [5.74, 6) is 0.531. The molecular weight excluding hydrogens is 152 g/mol. The van der Waals surface area contributed by atoms with E-state index in [2.05, 4.69) is 13.8 Å². The molecule has 0 spiro atoms. The second-order valence-corrected chi connectivity index (χ2v) is 4.90. The molecule has 0 aromatic rings. The van der Waals surface area contributed by atoms with E-state index in [-0.39, 0.29) is 12.1 Å². The SMILES string of the molecule is CC1(C)CCC2OC(=O)CC2C1. The second kappa shape index (κ2) is 2.48. The molecule has 0 N–H and O–H groups in total. The minimum Gasteiger partial charge on any atom is -0.462 e. The summed E-state index contributed by atoms with van der Waals surface area (Å²) < 4.78 is 5.22. The fraction of sp³-hybridized carbons (Fsp3) is 0.900. The number of esters is 1. The summed E-state index contributed by atoms with van der Waals surface area (Å²) in [6.07, 6.45) is 4.34. The van der Waals surface area contributed by atoms with Gasteiger partial charge in [0.1, 0.15) is 6.10 Å². The van der Waals surface area contributed by atoms with Crippen LogP contribution in [0.2, 0.25) is 0 Å². The highest BCUT2D eigenvalue weighted by atomic mass is 16.5. The molecular formula is C10H16O2. The zero-order valence-electron chi connectivity index (χ0n) is 7.80. The topological polar surface area (TPSA) is 26.3 Å². The third-order valence-corrected chi connectivity index (χ3v) is 3.16. The molecule has 0 radical (unpaired) electrons. The molecule has 2 fully saturated rings. The van der Waals surface area contributed by atoms with E-state index in [1.165, 1.54) is 6.42 Å². The van der Waals surface area contributed by atoms with Gasteiger partial charge in [-0.25, -0.2) is 0 Å². The number of carbonyl (C=O) groups excluding carboxylic acids is 1. The fourth-order valence-corrected chi connectivity index (χ4v) is 2.50. The monoisotopic (exact) mass is 168 g/mol. The van der Waals surface area contributed by atoms with Gasteiger partial charge in [-0.05, 0) is 24.7 Å². The number of fused-ring (bicyclic) bond motifs is 1. The van der Waals surface area contributed by atoms with Crippen LogP contribution in [0.3, 0.4) is 0 Å². The van der Waals surface area contributed by atoms with Crippen LogP contribution >= 0.6 is 0 Å². The molecule has 0 aromatic carbocycles. The van der Waals surface area contributed by atoms with Crippen LogP contribution in [-0.2, 0) is 9.53 Å². The summed E-state index contributed by atoms with van der Waals surface area (Å²) in [6.45, 7) is 4.57. The summed E-state index contributed by atoms with van der Waals surface area (Å²) in [4.78, 5) is 11.0. The highest BCUT2D eigenvalue weighted by Crippen LogP contribution is 2.44. The third kappa shape index (κ3) is 1.35. The molecule has 1 aliphatic heterocycles. The highest BCUT2D eigenvalue weighted by Gasteiger charge is 2.42. The number of ether oxygens (including phenoxy) is 1. The van der Waals surface area contributed by atoms with Crippen molar-refractivity contribution in [3.05, 3.63) is 0 Å². The van der Waals surface area contributed by atoms with Crippen molar-refractivity contribution in [2.45, 2.75) is 45.6 Å². The maximum absolute atomic E-state index is 11.0. The molecule has 2 nitrogen and oxygen atoms in total. The van der Waals surface area contributed by atoms with E-state index < -0.39 is 0 Å². The zero-order valence-corrected chi connectivity index (χ0v) is 7.80. The predicted octanol–water partition coefficient (Wildman–Crippen LogP) is 2.13. The summed E-state index contributed by atoms with van der Waals surface area (Å²) in [5, 5.41) is 0. The lowest BCUT2D eigenvalue weighted by atomic mass is 9.71. The first-order valence-electron chi connectivity index (χ1n) is 4.76. The van der Waals surface area contributed by atoms with Crippen molar-refractivity contribution in [1.29, 1.82) is 0 Å². The van der Waals surface area contributed by atoms with Gasteiger partial charge in [0.2, 0.25) is 0 Å². The van der Waals surface area contributed by atoms with E-state index in [9.17, 15) is 4.79 Å². The first-order chi connectivity index (χ1) is 5.57. The van der Waals surface area contributed by atoms with Crippen molar-refractivity contribution in [3.63, 3.8) is 0 Å². The van der Waals surface area contributed by atoms with Crippen molar-refractivity contribution in [2.75, 3.05) is 0 Å². The van der Waals surface area contributed by atoms with Gasteiger partial charge in [-0.15, -0.1) is 0 Å². The molecule has 2 heteroatoms. The Hall–Kier alpha value is -0.530. The molecule has 1 saturated carbocycles. The van der Waals surface area contributed by atoms with Crippen molar-refractivity contribution < 1.29 is 9.53 Å². The first-order valence-corrected chi connectivity index (χ1v) is 4.76. The molecule has 1 saturated heterocycles. The average Bonchev–Trinajstić information content (AvgIpc) is 2.26. The maximum Gasteiger partial charge on any atom is 0.306 e. The highest BCUT2D eigenvalue weighted by molar-refractivity contribution is 5.72. The van der Waals surface area contributed by atoms with Crippen molar-refractivity contribution >= 4 is 5.97 Å². The fourth-order valence-electron chi connectivity index (χ4n) is 2.50. The average molecular weight is 168 g/mol. The lowest BCUT2D eigenvalue weighted by Gasteiger charge is -2.35. The number of carbonyl (C=O) groups is 1. The van der Waals surface area contributed by atoms with Gasteiger partial charge in [0.05, 0.1) is 6.42 Å². The molecule has 2 unspecified atom stereocenters. The van der Waals surface area contributed by atoms with E-state index in [0.29, 0.717) is 17.8 Å². The van der Waals surface area contributed by atoms with Gasteiger partial charge < -0.3 is 4.74 Å². The lowest BCUT2D eigenvalue weighted by molar-refractivity contribution is -0.142. The Kier molecular flexibility index (Phi) is 1.67. The van der Waals surface area contributed by atoms with Crippen LogP contribution in [-0.4, -0.2) is 12.1 Å². The van der Waals surface area contributed by atoms with Crippen LogP contribution < -0.4 is 0 Å². The Morgan fingerprint density at radius 2 is 2.25 bits per heavy atom. The molecule has 0 amide bonds. The van der Waals surface area contributed by atoms with Crippen molar-refractivity contribution in [1.82, 2.24) is 0 Å². The largest absolute Gasteiger partial charge is 0.462 e. The lowest BCUT2D eigenvalue weighted by Crippen LogP contribution is -2.30. The first kappa shape index (κ1) is 8.09. The van der Waals surface area contributed by atoms with E-state index >= 15 is 0 Å².